The van der Waals surface area contributed by atoms with Crippen LogP contribution in [0.2, 0.25) is 0 Å². The topological polar surface area (TPSA) is 66.4 Å². The van der Waals surface area contributed by atoms with E-state index in [4.69, 9.17) is 5.11 Å². The zero-order chi connectivity index (χ0) is 16.0. The molecule has 0 heterocycles. The van der Waals surface area contributed by atoms with Gasteiger partial charge in [0.25, 0.3) is 0 Å². The molecular weight excluding hydrogens is 287 g/mol. The van der Waals surface area contributed by atoms with Gasteiger partial charge in [0, 0.05) is 18.4 Å². The molecule has 122 valence electrons. The predicted molar refractivity (Wildman–Crippen MR) is 70.6 cm³/mol. The zero-order valence-electron chi connectivity index (χ0n) is 12.1. The number of hydrogen-bond donors (Lipinski definition) is 2. The van der Waals surface area contributed by atoms with Gasteiger partial charge in [-0.1, -0.05) is 12.8 Å². The van der Waals surface area contributed by atoms with E-state index in [0.29, 0.717) is 25.7 Å². The number of alkyl halides is 3. The van der Waals surface area contributed by atoms with Crippen LogP contribution in [0.3, 0.4) is 0 Å². The molecule has 4 nitrogen and oxygen atoms in total. The van der Waals surface area contributed by atoms with E-state index in [1.807, 2.05) is 0 Å². The Bertz CT molecular complexity index is 371. The average Bonchev–Trinajstić information content (AvgIpc) is 2.37. The van der Waals surface area contributed by atoms with Crippen molar-refractivity contribution < 1.29 is 27.9 Å². The molecule has 0 radical (unpaired) electrons. The highest BCUT2D eigenvalue weighted by atomic mass is 19.4. The van der Waals surface area contributed by atoms with Crippen LogP contribution in [0, 0.1) is 11.8 Å². The van der Waals surface area contributed by atoms with E-state index in [9.17, 15) is 22.8 Å². The molecule has 21 heavy (non-hydrogen) atoms. The summed E-state index contributed by atoms with van der Waals surface area (Å²) in [6, 6.07) is -0.312. The molecular formula is C14H22F3NO3. The SMILES string of the molecule is CC(CCCC(=O)O)NC(=O)C1CCCCC1C(F)(F)F. The van der Waals surface area contributed by atoms with Gasteiger partial charge in [-0.25, -0.2) is 0 Å². The Morgan fingerprint density at radius 3 is 2.48 bits per heavy atom. The molecule has 0 aromatic rings. The molecule has 0 aliphatic heterocycles. The van der Waals surface area contributed by atoms with Gasteiger partial charge in [-0.3, -0.25) is 9.59 Å². The number of nitrogens with one attached hydrogen (secondary N) is 1. The summed E-state index contributed by atoms with van der Waals surface area (Å²) in [5, 5.41) is 11.1. The molecule has 3 atom stereocenters. The van der Waals surface area contributed by atoms with E-state index in [1.54, 1.807) is 6.92 Å². The van der Waals surface area contributed by atoms with Gasteiger partial charge in [0.1, 0.15) is 0 Å². The lowest BCUT2D eigenvalue weighted by atomic mass is 9.78. The van der Waals surface area contributed by atoms with Crippen molar-refractivity contribution in [1.29, 1.82) is 0 Å². The summed E-state index contributed by atoms with van der Waals surface area (Å²) in [6.07, 6.45) is -2.09. The summed E-state index contributed by atoms with van der Waals surface area (Å²) in [5.41, 5.74) is 0. The highest BCUT2D eigenvalue weighted by molar-refractivity contribution is 5.79. The highest BCUT2D eigenvalue weighted by Crippen LogP contribution is 2.41. The smallest absolute Gasteiger partial charge is 0.392 e. The molecule has 0 aromatic carbocycles. The highest BCUT2D eigenvalue weighted by Gasteiger charge is 2.48. The summed E-state index contributed by atoms with van der Waals surface area (Å²) in [4.78, 5) is 22.4. The van der Waals surface area contributed by atoms with Crippen molar-refractivity contribution in [2.45, 2.75) is 64.1 Å². The van der Waals surface area contributed by atoms with Crippen molar-refractivity contribution in [2.75, 3.05) is 0 Å². The lowest BCUT2D eigenvalue weighted by molar-refractivity contribution is -0.198. The molecule has 1 amide bonds. The monoisotopic (exact) mass is 309 g/mol. The van der Waals surface area contributed by atoms with Gasteiger partial charge in [0.2, 0.25) is 5.91 Å². The molecule has 1 fully saturated rings. The van der Waals surface area contributed by atoms with E-state index in [2.05, 4.69) is 5.32 Å². The molecule has 0 saturated heterocycles. The number of amides is 1. The Morgan fingerprint density at radius 1 is 1.29 bits per heavy atom. The first kappa shape index (κ1) is 17.8. The van der Waals surface area contributed by atoms with Crippen molar-refractivity contribution in [2.24, 2.45) is 11.8 Å². The molecule has 0 aromatic heterocycles. The normalized spacial score (nSPS) is 24.4. The third-order valence-corrected chi connectivity index (χ3v) is 3.94. The number of aliphatic carboxylic acids is 1. The van der Waals surface area contributed by atoms with Gasteiger partial charge in [-0.05, 0) is 32.6 Å². The molecule has 1 aliphatic carbocycles. The summed E-state index contributed by atoms with van der Waals surface area (Å²) >= 11 is 0. The minimum atomic E-state index is -4.34. The van der Waals surface area contributed by atoms with Crippen molar-refractivity contribution in [3.8, 4) is 0 Å². The number of carboxylic acid groups (broad SMARTS) is 1. The maximum Gasteiger partial charge on any atom is 0.392 e. The van der Waals surface area contributed by atoms with Crippen LogP contribution in [-0.4, -0.2) is 29.2 Å². The second-order valence-electron chi connectivity index (χ2n) is 5.73. The summed E-state index contributed by atoms with van der Waals surface area (Å²) in [5.74, 6) is -4.05. The van der Waals surface area contributed by atoms with Crippen LogP contribution in [0.1, 0.15) is 51.9 Å². The van der Waals surface area contributed by atoms with Crippen LogP contribution >= 0.6 is 0 Å². The molecule has 3 unspecified atom stereocenters. The maximum absolute atomic E-state index is 12.9. The number of halogens is 3. The number of carbonyl (C=O) groups excluding carboxylic acids is 1. The standard InChI is InChI=1S/C14H22F3NO3/c1-9(5-4-8-12(19)20)18-13(21)10-6-2-3-7-11(10)14(15,16)17/h9-11H,2-8H2,1H3,(H,18,21)(H,19,20). The lowest BCUT2D eigenvalue weighted by Gasteiger charge is -2.32. The second-order valence-corrected chi connectivity index (χ2v) is 5.73. The van der Waals surface area contributed by atoms with E-state index in [1.165, 1.54) is 0 Å². The maximum atomic E-state index is 12.9. The molecule has 0 spiro atoms. The molecule has 1 rings (SSSR count). The Labute approximate surface area is 122 Å². The molecule has 7 heteroatoms. The quantitative estimate of drug-likeness (QED) is 0.792. The van der Waals surface area contributed by atoms with E-state index in [0.717, 1.165) is 0 Å². The van der Waals surface area contributed by atoms with Crippen molar-refractivity contribution in [3.63, 3.8) is 0 Å². The van der Waals surface area contributed by atoms with E-state index < -0.39 is 29.9 Å². The van der Waals surface area contributed by atoms with Gasteiger partial charge >= 0.3 is 12.1 Å². The lowest BCUT2D eigenvalue weighted by Crippen LogP contribution is -2.45. The van der Waals surface area contributed by atoms with Crippen LogP contribution in [0.15, 0.2) is 0 Å². The van der Waals surface area contributed by atoms with Crippen LogP contribution in [0.4, 0.5) is 13.2 Å². The third kappa shape index (κ3) is 5.93. The van der Waals surface area contributed by atoms with Crippen LogP contribution in [-0.2, 0) is 9.59 Å². The van der Waals surface area contributed by atoms with Crippen molar-refractivity contribution in [1.82, 2.24) is 5.32 Å². The number of hydrogen-bond acceptors (Lipinski definition) is 2. The first-order chi connectivity index (χ1) is 9.71. The molecule has 1 aliphatic rings. The van der Waals surface area contributed by atoms with Gasteiger partial charge in [0.05, 0.1) is 5.92 Å². The fraction of sp³-hybridized carbons (Fsp3) is 0.857. The van der Waals surface area contributed by atoms with Crippen LogP contribution in [0.25, 0.3) is 0 Å². The molecule has 0 bridgehead atoms. The first-order valence-corrected chi connectivity index (χ1v) is 7.30. The summed E-state index contributed by atoms with van der Waals surface area (Å²) < 4.78 is 38.8. The minimum absolute atomic E-state index is 0.00514. The van der Waals surface area contributed by atoms with Gasteiger partial charge < -0.3 is 10.4 Å². The number of carboxylic acids is 1. The van der Waals surface area contributed by atoms with E-state index >= 15 is 0 Å². The Hall–Kier alpha value is -1.27. The van der Waals surface area contributed by atoms with E-state index in [-0.39, 0.29) is 25.3 Å². The fourth-order valence-electron chi connectivity index (χ4n) is 2.82. The Morgan fingerprint density at radius 2 is 1.90 bits per heavy atom. The number of rotatable bonds is 6. The largest absolute Gasteiger partial charge is 0.481 e. The average molecular weight is 309 g/mol. The Balaban J connectivity index is 2.50. The summed E-state index contributed by atoms with van der Waals surface area (Å²) in [6.45, 7) is 1.69. The minimum Gasteiger partial charge on any atom is -0.481 e. The number of carbonyl (C=O) groups is 2. The fourth-order valence-corrected chi connectivity index (χ4v) is 2.82. The summed E-state index contributed by atoms with van der Waals surface area (Å²) in [7, 11) is 0. The van der Waals surface area contributed by atoms with Crippen LogP contribution in [0.5, 0.6) is 0 Å². The van der Waals surface area contributed by atoms with Crippen molar-refractivity contribution in [3.05, 3.63) is 0 Å². The van der Waals surface area contributed by atoms with Crippen molar-refractivity contribution >= 4 is 11.9 Å². The Kier molecular flexibility index (Phi) is 6.48. The third-order valence-electron chi connectivity index (χ3n) is 3.94. The second kappa shape index (κ2) is 7.66. The van der Waals surface area contributed by atoms with Gasteiger partial charge in [0.15, 0.2) is 0 Å². The van der Waals surface area contributed by atoms with Crippen LogP contribution < -0.4 is 5.32 Å². The van der Waals surface area contributed by atoms with Gasteiger partial charge in [-0.15, -0.1) is 0 Å². The van der Waals surface area contributed by atoms with Gasteiger partial charge in [-0.2, -0.15) is 13.2 Å². The zero-order valence-corrected chi connectivity index (χ0v) is 12.1. The molecule has 2 N–H and O–H groups in total. The molecule has 1 saturated carbocycles. The predicted octanol–water partition coefficient (Wildman–Crippen LogP) is 3.11. The first-order valence-electron chi connectivity index (χ1n) is 7.30.